The van der Waals surface area contributed by atoms with Crippen LogP contribution in [-0.4, -0.2) is 24.0 Å². The van der Waals surface area contributed by atoms with Crippen LogP contribution in [0.25, 0.3) is 16.6 Å². The van der Waals surface area contributed by atoms with Crippen molar-refractivity contribution in [3.8, 4) is 10.6 Å². The second-order valence-electron chi connectivity index (χ2n) is 5.30. The quantitative estimate of drug-likeness (QED) is 0.543. The summed E-state index contributed by atoms with van der Waals surface area (Å²) in [6.07, 6.45) is 2.90. The molecule has 26 heavy (non-hydrogen) atoms. The van der Waals surface area contributed by atoms with E-state index in [1.165, 1.54) is 24.5 Å². The van der Waals surface area contributed by atoms with E-state index < -0.39 is 5.97 Å². The number of esters is 1. The zero-order chi connectivity index (χ0) is 18.4. The third-order valence-corrected chi connectivity index (χ3v) is 4.46. The van der Waals surface area contributed by atoms with Gasteiger partial charge in [0.2, 0.25) is 0 Å². The molecule has 130 valence electrons. The Hall–Kier alpha value is -3.25. The fourth-order valence-corrected chi connectivity index (χ4v) is 3.07. The summed E-state index contributed by atoms with van der Waals surface area (Å²) in [6.45, 7) is 0. The van der Waals surface area contributed by atoms with Gasteiger partial charge in [-0.1, -0.05) is 48.5 Å². The smallest absolute Gasteiger partial charge is 0.330 e. The Balaban J connectivity index is 1.78. The maximum Gasteiger partial charge on any atom is 0.330 e. The maximum atomic E-state index is 12.5. The second kappa shape index (κ2) is 8.22. The number of nitrogens with zero attached hydrogens (tertiary/aromatic N) is 1. The van der Waals surface area contributed by atoms with Gasteiger partial charge in [0.15, 0.2) is 0 Å². The van der Waals surface area contributed by atoms with Crippen molar-refractivity contribution in [3.05, 3.63) is 77.3 Å². The van der Waals surface area contributed by atoms with Gasteiger partial charge < -0.3 is 10.1 Å². The molecule has 0 bridgehead atoms. The monoisotopic (exact) mass is 364 g/mol. The van der Waals surface area contributed by atoms with E-state index in [9.17, 15) is 9.59 Å². The van der Waals surface area contributed by atoms with Crippen molar-refractivity contribution in [1.82, 2.24) is 4.98 Å². The van der Waals surface area contributed by atoms with Gasteiger partial charge in [-0.2, -0.15) is 0 Å². The molecule has 0 aliphatic carbocycles. The molecule has 0 saturated heterocycles. The highest BCUT2D eigenvalue weighted by Gasteiger charge is 2.13. The van der Waals surface area contributed by atoms with Crippen molar-refractivity contribution in [3.63, 3.8) is 0 Å². The van der Waals surface area contributed by atoms with Crippen LogP contribution in [0.5, 0.6) is 0 Å². The summed E-state index contributed by atoms with van der Waals surface area (Å²) >= 11 is 1.42. The number of methoxy groups -OCH3 is 1. The number of nitrogens with one attached hydrogen (secondary N) is 1. The molecule has 0 saturated carbocycles. The summed E-state index contributed by atoms with van der Waals surface area (Å²) < 4.78 is 4.59. The topological polar surface area (TPSA) is 68.3 Å². The van der Waals surface area contributed by atoms with E-state index in [1.54, 1.807) is 23.6 Å². The van der Waals surface area contributed by atoms with Crippen LogP contribution in [0.4, 0.5) is 5.69 Å². The van der Waals surface area contributed by atoms with Crippen molar-refractivity contribution in [2.24, 2.45) is 0 Å². The minimum absolute atomic E-state index is 0.303. The minimum Gasteiger partial charge on any atom is -0.466 e. The number of carbonyl (C=O) groups is 2. The molecule has 0 aliphatic rings. The summed E-state index contributed by atoms with van der Waals surface area (Å²) in [7, 11) is 1.31. The highest BCUT2D eigenvalue weighted by molar-refractivity contribution is 7.13. The number of carbonyl (C=O) groups excluding carboxylic acids is 2. The number of thiazole rings is 1. The third-order valence-electron chi connectivity index (χ3n) is 3.57. The van der Waals surface area contributed by atoms with Gasteiger partial charge in [0, 0.05) is 22.7 Å². The first-order valence-electron chi connectivity index (χ1n) is 7.85. The predicted molar refractivity (Wildman–Crippen MR) is 103 cm³/mol. The van der Waals surface area contributed by atoms with E-state index in [0.29, 0.717) is 16.9 Å². The maximum absolute atomic E-state index is 12.5. The van der Waals surface area contributed by atoms with Crippen LogP contribution in [-0.2, 0) is 9.53 Å². The van der Waals surface area contributed by atoms with Crippen LogP contribution in [0.2, 0.25) is 0 Å². The Kier molecular flexibility index (Phi) is 5.56. The number of anilines is 1. The number of benzene rings is 2. The van der Waals surface area contributed by atoms with Gasteiger partial charge in [-0.3, -0.25) is 4.79 Å². The molecule has 6 heteroatoms. The van der Waals surface area contributed by atoms with E-state index in [4.69, 9.17) is 0 Å². The van der Waals surface area contributed by atoms with Gasteiger partial charge in [0.05, 0.1) is 7.11 Å². The lowest BCUT2D eigenvalue weighted by molar-refractivity contribution is -0.134. The van der Waals surface area contributed by atoms with Crippen molar-refractivity contribution in [2.45, 2.75) is 0 Å². The van der Waals surface area contributed by atoms with Crippen molar-refractivity contribution < 1.29 is 14.3 Å². The van der Waals surface area contributed by atoms with E-state index in [1.807, 2.05) is 42.5 Å². The van der Waals surface area contributed by atoms with Crippen LogP contribution < -0.4 is 5.32 Å². The van der Waals surface area contributed by atoms with E-state index in [0.717, 1.165) is 10.6 Å². The van der Waals surface area contributed by atoms with Crippen LogP contribution in [0.15, 0.2) is 66.1 Å². The zero-order valence-corrected chi connectivity index (χ0v) is 14.8. The van der Waals surface area contributed by atoms with Gasteiger partial charge in [-0.05, 0) is 17.7 Å². The summed E-state index contributed by atoms with van der Waals surface area (Å²) in [5, 5.41) is 5.35. The van der Waals surface area contributed by atoms with Gasteiger partial charge in [-0.15, -0.1) is 11.3 Å². The first-order chi connectivity index (χ1) is 12.7. The standard InChI is InChI=1S/C20H16N2O3S/c1-25-18(23)12-11-14-7-5-6-10-16(14)21-19(24)17-13-26-20(22-17)15-8-3-2-4-9-15/h2-13H,1H3,(H,21,24). The lowest BCUT2D eigenvalue weighted by Crippen LogP contribution is -2.13. The molecular formula is C20H16N2O3S. The lowest BCUT2D eigenvalue weighted by atomic mass is 10.1. The highest BCUT2D eigenvalue weighted by atomic mass is 32.1. The van der Waals surface area contributed by atoms with Crippen LogP contribution in [0.1, 0.15) is 16.1 Å². The third kappa shape index (κ3) is 4.23. The van der Waals surface area contributed by atoms with Crippen LogP contribution in [0.3, 0.4) is 0 Å². The lowest BCUT2D eigenvalue weighted by Gasteiger charge is -2.07. The normalized spacial score (nSPS) is 10.7. The molecule has 0 radical (unpaired) electrons. The number of amides is 1. The Morgan fingerprint density at radius 3 is 2.58 bits per heavy atom. The zero-order valence-electron chi connectivity index (χ0n) is 14.0. The molecule has 0 unspecified atom stereocenters. The molecule has 3 aromatic rings. The SMILES string of the molecule is COC(=O)C=Cc1ccccc1NC(=O)c1csc(-c2ccccc2)n1. The summed E-state index contributed by atoms with van der Waals surface area (Å²) in [6, 6.07) is 16.9. The van der Waals surface area contributed by atoms with Crippen molar-refractivity contribution in [1.29, 1.82) is 0 Å². The molecule has 1 aromatic heterocycles. The fraction of sp³-hybridized carbons (Fsp3) is 0.0500. The molecular weight excluding hydrogens is 348 g/mol. The average molecular weight is 364 g/mol. The van der Waals surface area contributed by atoms with Crippen LogP contribution in [0, 0.1) is 0 Å². The Labute approximate surface area is 155 Å². The van der Waals surface area contributed by atoms with E-state index >= 15 is 0 Å². The van der Waals surface area contributed by atoms with Gasteiger partial charge in [0.1, 0.15) is 10.7 Å². The minimum atomic E-state index is -0.460. The van der Waals surface area contributed by atoms with E-state index in [2.05, 4.69) is 15.0 Å². The highest BCUT2D eigenvalue weighted by Crippen LogP contribution is 2.24. The summed E-state index contributed by atoms with van der Waals surface area (Å²) in [5.74, 6) is -0.763. The molecule has 0 atom stereocenters. The first-order valence-corrected chi connectivity index (χ1v) is 8.72. The first kappa shape index (κ1) is 17.6. The molecule has 0 fully saturated rings. The van der Waals surface area contributed by atoms with Crippen LogP contribution >= 0.6 is 11.3 Å². The van der Waals surface area contributed by atoms with E-state index in [-0.39, 0.29) is 5.91 Å². The summed E-state index contributed by atoms with van der Waals surface area (Å²) in [5.41, 5.74) is 2.61. The molecule has 0 spiro atoms. The van der Waals surface area contributed by atoms with Crippen molar-refractivity contribution >= 4 is 35.0 Å². The number of aromatic nitrogens is 1. The number of hydrogen-bond acceptors (Lipinski definition) is 5. The largest absolute Gasteiger partial charge is 0.466 e. The number of para-hydroxylation sites is 1. The molecule has 0 aliphatic heterocycles. The molecule has 5 nitrogen and oxygen atoms in total. The Bertz CT molecular complexity index is 948. The molecule has 1 N–H and O–H groups in total. The molecule has 1 amide bonds. The Morgan fingerprint density at radius 1 is 1.08 bits per heavy atom. The van der Waals surface area contributed by atoms with Gasteiger partial charge in [0.25, 0.3) is 5.91 Å². The van der Waals surface area contributed by atoms with Crippen molar-refractivity contribution in [2.75, 3.05) is 12.4 Å². The number of rotatable bonds is 5. The fourth-order valence-electron chi connectivity index (χ4n) is 2.26. The van der Waals surface area contributed by atoms with Gasteiger partial charge >= 0.3 is 5.97 Å². The molecule has 3 rings (SSSR count). The number of hydrogen-bond donors (Lipinski definition) is 1. The second-order valence-corrected chi connectivity index (χ2v) is 6.16. The Morgan fingerprint density at radius 2 is 1.81 bits per heavy atom. The summed E-state index contributed by atoms with van der Waals surface area (Å²) in [4.78, 5) is 28.2. The average Bonchev–Trinajstić information content (AvgIpc) is 3.18. The predicted octanol–water partition coefficient (Wildman–Crippen LogP) is 4.25. The molecule has 2 aromatic carbocycles. The molecule has 1 heterocycles. The number of ether oxygens (including phenoxy) is 1. The van der Waals surface area contributed by atoms with Gasteiger partial charge in [-0.25, -0.2) is 9.78 Å².